The summed E-state index contributed by atoms with van der Waals surface area (Å²) in [7, 11) is 0. The lowest BCUT2D eigenvalue weighted by atomic mass is 9.51. The lowest BCUT2D eigenvalue weighted by Crippen LogP contribution is -2.58. The Kier molecular flexibility index (Phi) is 4.75. The summed E-state index contributed by atoms with van der Waals surface area (Å²) in [5, 5.41) is 10.3. The molecule has 30 heavy (non-hydrogen) atoms. The van der Waals surface area contributed by atoms with Gasteiger partial charge in [0.15, 0.2) is 0 Å². The Hall–Kier alpha value is -0.410. The summed E-state index contributed by atoms with van der Waals surface area (Å²) in [5.74, 6) is 7.19. The molecular formula is C27H43NO2. The van der Waals surface area contributed by atoms with Gasteiger partial charge in [-0.25, -0.2) is 0 Å². The molecule has 0 spiro atoms. The molecule has 0 aromatic rings. The average molecular weight is 414 g/mol. The van der Waals surface area contributed by atoms with Crippen molar-refractivity contribution in [3.8, 4) is 0 Å². The van der Waals surface area contributed by atoms with Crippen LogP contribution in [0.1, 0.15) is 78.6 Å². The molecule has 0 amide bonds. The van der Waals surface area contributed by atoms with Gasteiger partial charge in [-0.3, -0.25) is 9.69 Å². The van der Waals surface area contributed by atoms with E-state index in [1.54, 1.807) is 0 Å². The minimum Gasteiger partial charge on any atom is -0.393 e. The topological polar surface area (TPSA) is 40.5 Å². The molecule has 4 aliphatic carbocycles. The van der Waals surface area contributed by atoms with Gasteiger partial charge in [0.05, 0.1) is 6.10 Å². The molecule has 4 saturated carbocycles. The van der Waals surface area contributed by atoms with Gasteiger partial charge in [-0.1, -0.05) is 20.8 Å². The van der Waals surface area contributed by atoms with E-state index in [2.05, 4.69) is 25.7 Å². The van der Waals surface area contributed by atoms with Crippen molar-refractivity contribution in [2.75, 3.05) is 13.1 Å². The maximum absolute atomic E-state index is 13.2. The van der Waals surface area contributed by atoms with E-state index in [1.165, 1.54) is 45.2 Å². The van der Waals surface area contributed by atoms with E-state index < -0.39 is 0 Å². The second-order valence-corrected chi connectivity index (χ2v) is 13.0. The monoisotopic (exact) mass is 413 g/mol. The lowest BCUT2D eigenvalue weighted by molar-refractivity contribution is -0.145. The maximum atomic E-state index is 13.2. The van der Waals surface area contributed by atoms with E-state index in [0.717, 1.165) is 73.2 Å². The van der Waals surface area contributed by atoms with E-state index in [0.29, 0.717) is 11.7 Å². The fourth-order valence-corrected chi connectivity index (χ4v) is 10.3. The van der Waals surface area contributed by atoms with Gasteiger partial charge in [0, 0.05) is 31.5 Å². The second kappa shape index (κ2) is 7.04. The third-order valence-corrected chi connectivity index (χ3v) is 11.8. The van der Waals surface area contributed by atoms with Crippen LogP contribution in [0.15, 0.2) is 0 Å². The highest BCUT2D eigenvalue weighted by Crippen LogP contribution is 2.66. The number of nitrogens with zero attached hydrogens (tertiary/aromatic N) is 1. The van der Waals surface area contributed by atoms with Crippen LogP contribution in [0, 0.1) is 58.7 Å². The Morgan fingerprint density at radius 2 is 1.70 bits per heavy atom. The minimum atomic E-state index is -0.242. The normalized spacial score (nSPS) is 58.3. The first kappa shape index (κ1) is 20.2. The summed E-state index contributed by atoms with van der Waals surface area (Å²) in [4.78, 5) is 16.1. The lowest BCUT2D eigenvalue weighted by Gasteiger charge is -2.56. The van der Waals surface area contributed by atoms with Gasteiger partial charge in [0.1, 0.15) is 5.78 Å². The van der Waals surface area contributed by atoms with Crippen LogP contribution in [-0.2, 0) is 4.79 Å². The Morgan fingerprint density at radius 1 is 0.900 bits per heavy atom. The van der Waals surface area contributed by atoms with Gasteiger partial charge in [0.2, 0.25) is 0 Å². The van der Waals surface area contributed by atoms with Crippen LogP contribution in [0.5, 0.6) is 0 Å². The van der Waals surface area contributed by atoms with Crippen molar-refractivity contribution < 1.29 is 9.90 Å². The molecule has 12 unspecified atom stereocenters. The number of hydrogen-bond donors (Lipinski definition) is 1. The van der Waals surface area contributed by atoms with Crippen LogP contribution < -0.4 is 0 Å². The molecule has 2 saturated heterocycles. The fourth-order valence-electron chi connectivity index (χ4n) is 10.3. The number of carbonyl (C=O) groups excluding carboxylic acids is 1. The van der Waals surface area contributed by atoms with Crippen LogP contribution >= 0.6 is 0 Å². The maximum Gasteiger partial charge on any atom is 0.136 e. The largest absolute Gasteiger partial charge is 0.393 e. The number of carbonyl (C=O) groups is 1. The molecule has 2 heterocycles. The number of ketones is 1. The molecule has 168 valence electrons. The number of piperidine rings is 2. The van der Waals surface area contributed by atoms with Crippen LogP contribution in [0.4, 0.5) is 0 Å². The molecule has 6 aliphatic rings. The van der Waals surface area contributed by atoms with E-state index in [9.17, 15) is 9.90 Å². The fraction of sp³-hybridized carbons (Fsp3) is 0.963. The van der Waals surface area contributed by atoms with Crippen LogP contribution in [0.2, 0.25) is 0 Å². The highest BCUT2D eigenvalue weighted by atomic mass is 16.3. The van der Waals surface area contributed by atoms with Gasteiger partial charge >= 0.3 is 0 Å². The summed E-state index contributed by atoms with van der Waals surface area (Å²) < 4.78 is 0. The molecule has 0 bridgehead atoms. The quantitative estimate of drug-likeness (QED) is 0.622. The smallest absolute Gasteiger partial charge is 0.136 e. The first-order valence-electron chi connectivity index (χ1n) is 13.3. The predicted octanol–water partition coefficient (Wildman–Crippen LogP) is 4.77. The number of aliphatic hydroxyl groups is 1. The van der Waals surface area contributed by atoms with Crippen molar-refractivity contribution in [2.45, 2.75) is 90.7 Å². The molecule has 6 fully saturated rings. The average Bonchev–Trinajstić information content (AvgIpc) is 3.09. The predicted molar refractivity (Wildman–Crippen MR) is 119 cm³/mol. The number of Topliss-reactive ketones (excluding diaryl/α,β-unsaturated/α-hetero) is 1. The Balaban J connectivity index is 1.28. The number of rotatable bonds is 0. The van der Waals surface area contributed by atoms with Gasteiger partial charge in [0.25, 0.3) is 0 Å². The zero-order valence-electron chi connectivity index (χ0n) is 19.4. The van der Waals surface area contributed by atoms with E-state index >= 15 is 0 Å². The summed E-state index contributed by atoms with van der Waals surface area (Å²) in [6.45, 7) is 10.1. The molecule has 0 aromatic heterocycles. The van der Waals surface area contributed by atoms with Crippen LogP contribution in [0.25, 0.3) is 0 Å². The first-order valence-corrected chi connectivity index (χ1v) is 13.3. The first-order chi connectivity index (χ1) is 14.4. The molecule has 6 rings (SSSR count). The van der Waals surface area contributed by atoms with Crippen molar-refractivity contribution in [3.63, 3.8) is 0 Å². The van der Waals surface area contributed by atoms with Crippen LogP contribution in [0.3, 0.4) is 0 Å². The zero-order valence-corrected chi connectivity index (χ0v) is 19.4. The SMILES string of the molecule is CC1CCC2C(C)C3CCC4C(CC5C4CC(=O)C4CC(O)CCC45C)C3CN2C1. The molecule has 3 heteroatoms. The number of aliphatic hydroxyl groups excluding tert-OH is 1. The van der Waals surface area contributed by atoms with Gasteiger partial charge < -0.3 is 5.11 Å². The highest BCUT2D eigenvalue weighted by Gasteiger charge is 2.62. The Bertz CT molecular complexity index is 705. The standard InChI is InChI=1S/C27H43NO2/c1-15-4-7-25-16(2)18-5-6-19-20(22(18)14-28(25)13-15)11-23-21(19)12-26(30)24-10-17(29)8-9-27(23,24)3/h15-25,29H,4-14H2,1-3H3. The molecule has 2 aliphatic heterocycles. The molecule has 3 nitrogen and oxygen atoms in total. The van der Waals surface area contributed by atoms with Crippen molar-refractivity contribution >= 4 is 5.78 Å². The Morgan fingerprint density at radius 3 is 2.53 bits per heavy atom. The van der Waals surface area contributed by atoms with Gasteiger partial charge in [-0.15, -0.1) is 0 Å². The van der Waals surface area contributed by atoms with Crippen LogP contribution in [-0.4, -0.2) is 41.0 Å². The van der Waals surface area contributed by atoms with Crippen molar-refractivity contribution in [1.82, 2.24) is 4.90 Å². The zero-order chi connectivity index (χ0) is 20.8. The van der Waals surface area contributed by atoms with E-state index in [-0.39, 0.29) is 17.4 Å². The van der Waals surface area contributed by atoms with E-state index in [1.807, 2.05) is 0 Å². The second-order valence-electron chi connectivity index (χ2n) is 13.0. The Labute approximate surface area is 183 Å². The summed E-state index contributed by atoms with van der Waals surface area (Å²) in [5.41, 5.74) is 0.161. The number of fused-ring (bicyclic) bond motifs is 8. The van der Waals surface area contributed by atoms with Gasteiger partial charge in [-0.05, 0) is 104 Å². The number of hydrogen-bond acceptors (Lipinski definition) is 3. The molecule has 1 N–H and O–H groups in total. The molecule has 12 atom stereocenters. The molecular weight excluding hydrogens is 370 g/mol. The summed E-state index contributed by atoms with van der Waals surface area (Å²) >= 11 is 0. The van der Waals surface area contributed by atoms with Crippen molar-refractivity contribution in [1.29, 1.82) is 0 Å². The summed E-state index contributed by atoms with van der Waals surface area (Å²) in [6.07, 6.45) is 10.3. The third-order valence-electron chi connectivity index (χ3n) is 11.8. The molecule has 0 radical (unpaired) electrons. The van der Waals surface area contributed by atoms with E-state index in [4.69, 9.17) is 0 Å². The highest BCUT2D eigenvalue weighted by molar-refractivity contribution is 5.83. The summed E-state index contributed by atoms with van der Waals surface area (Å²) in [6, 6.07) is 0.839. The van der Waals surface area contributed by atoms with Crippen molar-refractivity contribution in [3.05, 3.63) is 0 Å². The third kappa shape index (κ3) is 2.79. The minimum absolute atomic E-state index is 0.135. The van der Waals surface area contributed by atoms with Crippen molar-refractivity contribution in [2.24, 2.45) is 58.7 Å². The molecule has 0 aromatic carbocycles. The van der Waals surface area contributed by atoms with Gasteiger partial charge in [-0.2, -0.15) is 0 Å².